The summed E-state index contributed by atoms with van der Waals surface area (Å²) in [6.07, 6.45) is 0. The summed E-state index contributed by atoms with van der Waals surface area (Å²) >= 11 is 0. The van der Waals surface area contributed by atoms with Crippen LogP contribution in [0.3, 0.4) is 0 Å². The third kappa shape index (κ3) is 1.72. The number of aromatic nitrogens is 2. The number of hydrogen-bond acceptors (Lipinski definition) is 5. The quantitative estimate of drug-likeness (QED) is 0.464. The average molecular weight is 158 g/mol. The van der Waals surface area contributed by atoms with E-state index in [-0.39, 0.29) is 12.4 Å². The maximum atomic E-state index is 10.1. The predicted molar refractivity (Wildman–Crippen MR) is 34.2 cm³/mol. The predicted octanol–water partition coefficient (Wildman–Crippen LogP) is -0.292. The van der Waals surface area contributed by atoms with Gasteiger partial charge in [-0.3, -0.25) is 4.84 Å². The highest BCUT2D eigenvalue weighted by Gasteiger charge is 2.08. The van der Waals surface area contributed by atoms with Gasteiger partial charge in [-0.25, -0.2) is 5.90 Å². The highest BCUT2D eigenvalue weighted by molar-refractivity contribution is 5.19. The van der Waals surface area contributed by atoms with Crippen molar-refractivity contribution in [1.29, 1.82) is 0 Å². The summed E-state index contributed by atoms with van der Waals surface area (Å²) in [5.41, 5.74) is 0.402. The first-order chi connectivity index (χ1) is 5.24. The molecule has 1 aromatic rings. The molecule has 60 valence electrons. The van der Waals surface area contributed by atoms with E-state index in [4.69, 9.17) is 5.90 Å². The first-order valence-electron chi connectivity index (χ1n) is 2.74. The summed E-state index contributed by atoms with van der Waals surface area (Å²) in [5.74, 6) is 4.55. The van der Waals surface area contributed by atoms with Crippen LogP contribution in [0.2, 0.25) is 0 Å². The van der Waals surface area contributed by atoms with Crippen molar-refractivity contribution in [2.45, 2.75) is 6.61 Å². The van der Waals surface area contributed by atoms with E-state index >= 15 is 0 Å². The van der Waals surface area contributed by atoms with Gasteiger partial charge in [0.1, 0.15) is 12.3 Å². The second-order valence-electron chi connectivity index (χ2n) is 1.81. The van der Waals surface area contributed by atoms with Gasteiger partial charge < -0.3 is 10.1 Å². The van der Waals surface area contributed by atoms with Gasteiger partial charge in [0, 0.05) is 0 Å². The van der Waals surface area contributed by atoms with Gasteiger partial charge in [0.25, 0.3) is 0 Å². The molecule has 0 bridgehead atoms. The molecule has 0 aliphatic carbocycles. The van der Waals surface area contributed by atoms with Gasteiger partial charge in [0.05, 0.1) is 6.07 Å². The normalized spacial score (nSPS) is 9.91. The molecule has 0 unspecified atom stereocenters. The van der Waals surface area contributed by atoms with Crippen LogP contribution in [0, 0.1) is 10.1 Å². The first kappa shape index (κ1) is 7.63. The second-order valence-corrected chi connectivity index (χ2v) is 1.81. The van der Waals surface area contributed by atoms with Crippen LogP contribution in [-0.4, -0.2) is 15.1 Å². The van der Waals surface area contributed by atoms with Gasteiger partial charge in [-0.1, -0.05) is 5.10 Å². The van der Waals surface area contributed by atoms with Crippen LogP contribution in [0.1, 0.15) is 5.69 Å². The number of rotatable bonds is 3. The first-order valence-corrected chi connectivity index (χ1v) is 2.74. The molecule has 0 amide bonds. The molecular formula is C4H6N4O3. The molecule has 0 radical (unpaired) electrons. The molecule has 7 nitrogen and oxygen atoms in total. The van der Waals surface area contributed by atoms with Crippen molar-refractivity contribution in [3.63, 3.8) is 0 Å². The minimum Gasteiger partial charge on any atom is -0.358 e. The molecule has 1 aromatic heterocycles. The van der Waals surface area contributed by atoms with Crippen molar-refractivity contribution >= 4 is 5.82 Å². The number of aromatic amines is 1. The maximum absolute atomic E-state index is 10.1. The topological polar surface area (TPSA) is 107 Å². The molecule has 0 spiro atoms. The van der Waals surface area contributed by atoms with E-state index in [0.29, 0.717) is 5.69 Å². The van der Waals surface area contributed by atoms with Gasteiger partial charge in [0.2, 0.25) is 0 Å². The monoisotopic (exact) mass is 158 g/mol. The van der Waals surface area contributed by atoms with Gasteiger partial charge in [-0.05, 0) is 4.92 Å². The van der Waals surface area contributed by atoms with Crippen LogP contribution in [0.15, 0.2) is 6.07 Å². The number of hydrogen-bond donors (Lipinski definition) is 2. The number of nitro groups is 1. The lowest BCUT2D eigenvalue weighted by molar-refractivity contribution is -0.389. The number of nitrogens with one attached hydrogen (secondary N) is 1. The van der Waals surface area contributed by atoms with Gasteiger partial charge in [0.15, 0.2) is 0 Å². The fraction of sp³-hybridized carbons (Fsp3) is 0.250. The van der Waals surface area contributed by atoms with E-state index in [0.717, 1.165) is 0 Å². The SMILES string of the molecule is NOCc1cc([N+](=O)[O-])[nH]n1. The lowest BCUT2D eigenvalue weighted by atomic mass is 10.4. The Hall–Kier alpha value is -1.47. The summed E-state index contributed by atoms with van der Waals surface area (Å²) in [6, 6.07) is 1.26. The van der Waals surface area contributed by atoms with Crippen LogP contribution in [0.5, 0.6) is 0 Å². The zero-order valence-corrected chi connectivity index (χ0v) is 5.48. The summed E-state index contributed by atoms with van der Waals surface area (Å²) in [7, 11) is 0. The van der Waals surface area contributed by atoms with Crippen LogP contribution < -0.4 is 5.90 Å². The molecule has 0 atom stereocenters. The Morgan fingerprint density at radius 1 is 1.91 bits per heavy atom. The van der Waals surface area contributed by atoms with Crippen molar-refractivity contribution < 1.29 is 9.76 Å². The molecule has 3 N–H and O–H groups in total. The van der Waals surface area contributed by atoms with Crippen molar-refractivity contribution in [2.24, 2.45) is 5.90 Å². The summed E-state index contributed by atoms with van der Waals surface area (Å²) in [4.78, 5) is 13.7. The summed E-state index contributed by atoms with van der Waals surface area (Å²) in [5, 5.41) is 15.8. The van der Waals surface area contributed by atoms with E-state index < -0.39 is 4.92 Å². The Labute approximate surface area is 61.3 Å². The smallest absolute Gasteiger partial charge is 0.342 e. The maximum Gasteiger partial charge on any atom is 0.342 e. The zero-order chi connectivity index (χ0) is 8.27. The molecule has 1 rings (SSSR count). The van der Waals surface area contributed by atoms with Crippen LogP contribution in [-0.2, 0) is 11.4 Å². The highest BCUT2D eigenvalue weighted by atomic mass is 16.6. The van der Waals surface area contributed by atoms with Crippen molar-refractivity contribution in [2.75, 3.05) is 0 Å². The van der Waals surface area contributed by atoms with Crippen molar-refractivity contribution in [1.82, 2.24) is 10.2 Å². The number of nitrogens with zero attached hydrogens (tertiary/aromatic N) is 2. The molecule has 0 saturated heterocycles. The fourth-order valence-electron chi connectivity index (χ4n) is 0.604. The Morgan fingerprint density at radius 2 is 2.64 bits per heavy atom. The third-order valence-corrected chi connectivity index (χ3v) is 1.05. The van der Waals surface area contributed by atoms with Crippen LogP contribution in [0.4, 0.5) is 5.82 Å². The van der Waals surface area contributed by atoms with E-state index in [1.807, 2.05) is 0 Å². The molecule has 0 saturated carbocycles. The second kappa shape index (κ2) is 3.08. The molecule has 0 aliphatic rings. The van der Waals surface area contributed by atoms with Gasteiger partial charge >= 0.3 is 5.82 Å². The summed E-state index contributed by atoms with van der Waals surface area (Å²) < 4.78 is 0. The van der Waals surface area contributed by atoms with E-state index in [9.17, 15) is 10.1 Å². The van der Waals surface area contributed by atoms with Crippen molar-refractivity contribution in [3.05, 3.63) is 21.9 Å². The van der Waals surface area contributed by atoms with E-state index in [1.165, 1.54) is 6.07 Å². The standard InChI is InChI=1S/C4H6N4O3/c5-11-2-3-1-4(7-6-3)8(9)10/h1H,2,5H2,(H,6,7). The van der Waals surface area contributed by atoms with Crippen LogP contribution in [0.25, 0.3) is 0 Å². The minimum absolute atomic E-state index is 0.0599. The Morgan fingerprint density at radius 3 is 3.09 bits per heavy atom. The highest BCUT2D eigenvalue weighted by Crippen LogP contribution is 2.07. The minimum atomic E-state index is -0.576. The summed E-state index contributed by atoms with van der Waals surface area (Å²) in [6.45, 7) is 0.0599. The zero-order valence-electron chi connectivity index (χ0n) is 5.48. The average Bonchev–Trinajstić information content (AvgIpc) is 2.37. The lowest BCUT2D eigenvalue weighted by Gasteiger charge is -1.86. The van der Waals surface area contributed by atoms with E-state index in [1.54, 1.807) is 0 Å². The largest absolute Gasteiger partial charge is 0.358 e. The third-order valence-electron chi connectivity index (χ3n) is 1.05. The molecule has 1 heterocycles. The fourth-order valence-corrected chi connectivity index (χ4v) is 0.604. The molecule has 11 heavy (non-hydrogen) atoms. The van der Waals surface area contributed by atoms with E-state index in [2.05, 4.69) is 15.0 Å². The molecular weight excluding hydrogens is 152 g/mol. The van der Waals surface area contributed by atoms with Gasteiger partial charge in [-0.2, -0.15) is 0 Å². The molecule has 0 fully saturated rings. The number of nitrogens with two attached hydrogens (primary N) is 1. The Bertz CT molecular complexity index is 258. The molecule has 0 aromatic carbocycles. The lowest BCUT2D eigenvalue weighted by Crippen LogP contribution is -1.98. The number of H-pyrrole nitrogens is 1. The van der Waals surface area contributed by atoms with Crippen LogP contribution >= 0.6 is 0 Å². The Kier molecular flexibility index (Phi) is 2.14. The molecule has 7 heteroatoms. The Balaban J connectivity index is 2.73. The molecule has 0 aliphatic heterocycles. The van der Waals surface area contributed by atoms with Crippen molar-refractivity contribution in [3.8, 4) is 0 Å². The van der Waals surface area contributed by atoms with Gasteiger partial charge in [-0.15, -0.1) is 5.10 Å².